The summed E-state index contributed by atoms with van der Waals surface area (Å²) < 4.78 is 28.9. The minimum Gasteiger partial charge on any atom is -0.387 e. The first kappa shape index (κ1) is 10.7. The maximum Gasteiger partial charge on any atom is 0.320 e. The van der Waals surface area contributed by atoms with Crippen molar-refractivity contribution in [1.29, 1.82) is 0 Å². The standard InChI is InChI=1S/C4H10N2O3S2/c1-3(4(5)6-2)10-11(7,8)9/h3H,1-2H3,(H2,5,6)(H,7,8,9). The van der Waals surface area contributed by atoms with Gasteiger partial charge >= 0.3 is 9.15 Å². The summed E-state index contributed by atoms with van der Waals surface area (Å²) in [6.07, 6.45) is 0. The fourth-order valence-corrected chi connectivity index (χ4v) is 2.37. The maximum absolute atomic E-state index is 10.3. The van der Waals surface area contributed by atoms with Crippen molar-refractivity contribution in [2.75, 3.05) is 7.05 Å². The van der Waals surface area contributed by atoms with Gasteiger partial charge in [-0.05, 0) is 6.92 Å². The molecule has 0 aliphatic rings. The van der Waals surface area contributed by atoms with Crippen molar-refractivity contribution in [3.8, 4) is 0 Å². The topological polar surface area (TPSA) is 92.8 Å². The Morgan fingerprint density at radius 1 is 1.73 bits per heavy atom. The van der Waals surface area contributed by atoms with E-state index in [-0.39, 0.29) is 5.84 Å². The van der Waals surface area contributed by atoms with Gasteiger partial charge in [-0.1, -0.05) is 0 Å². The van der Waals surface area contributed by atoms with Crippen LogP contribution in [0.1, 0.15) is 6.92 Å². The van der Waals surface area contributed by atoms with Crippen molar-refractivity contribution in [3.05, 3.63) is 0 Å². The van der Waals surface area contributed by atoms with Gasteiger partial charge < -0.3 is 5.73 Å². The number of hydrogen-bond acceptors (Lipinski definition) is 4. The van der Waals surface area contributed by atoms with E-state index in [1.807, 2.05) is 0 Å². The maximum atomic E-state index is 10.3. The molecule has 1 unspecified atom stereocenters. The zero-order valence-corrected chi connectivity index (χ0v) is 7.82. The van der Waals surface area contributed by atoms with Crippen LogP contribution in [0, 0.1) is 0 Å². The van der Waals surface area contributed by atoms with Crippen molar-refractivity contribution < 1.29 is 13.0 Å². The van der Waals surface area contributed by atoms with Crippen molar-refractivity contribution in [2.24, 2.45) is 10.7 Å². The van der Waals surface area contributed by atoms with Crippen molar-refractivity contribution in [2.45, 2.75) is 12.2 Å². The minimum absolute atomic E-state index is 0.188. The minimum atomic E-state index is -4.02. The second-order valence-corrected chi connectivity index (χ2v) is 5.41. The number of hydrogen-bond donors (Lipinski definition) is 2. The Balaban J connectivity index is 4.21. The van der Waals surface area contributed by atoms with Gasteiger partial charge in [0.05, 0.1) is 5.25 Å². The molecule has 0 heterocycles. The highest BCUT2D eigenvalue weighted by Crippen LogP contribution is 2.16. The van der Waals surface area contributed by atoms with Crippen LogP contribution in [-0.2, 0) is 9.15 Å². The number of amidine groups is 1. The van der Waals surface area contributed by atoms with E-state index < -0.39 is 14.4 Å². The highest BCUT2D eigenvalue weighted by atomic mass is 33.1. The Morgan fingerprint density at radius 2 is 2.18 bits per heavy atom. The predicted molar refractivity (Wildman–Crippen MR) is 46.1 cm³/mol. The summed E-state index contributed by atoms with van der Waals surface area (Å²) in [6.45, 7) is 1.54. The van der Waals surface area contributed by atoms with E-state index in [0.717, 1.165) is 0 Å². The summed E-state index contributed by atoms with van der Waals surface area (Å²) in [5.74, 6) is 0.188. The van der Waals surface area contributed by atoms with Gasteiger partial charge in [0.15, 0.2) is 0 Å². The van der Waals surface area contributed by atoms with Gasteiger partial charge in [-0.15, -0.1) is 0 Å². The van der Waals surface area contributed by atoms with E-state index in [1.165, 1.54) is 7.05 Å². The second-order valence-electron chi connectivity index (χ2n) is 1.81. The highest BCUT2D eigenvalue weighted by Gasteiger charge is 2.15. The lowest BCUT2D eigenvalue weighted by molar-refractivity contribution is 0.503. The Morgan fingerprint density at radius 3 is 2.45 bits per heavy atom. The van der Waals surface area contributed by atoms with E-state index in [1.54, 1.807) is 6.92 Å². The molecule has 0 radical (unpaired) electrons. The summed E-state index contributed by atoms with van der Waals surface area (Å²) in [5.41, 5.74) is 5.28. The fourth-order valence-electron chi connectivity index (χ4n) is 0.413. The Kier molecular flexibility index (Phi) is 3.84. The Bertz CT molecular complexity index is 246. The molecule has 0 saturated heterocycles. The average Bonchev–Trinajstić information content (AvgIpc) is 1.82. The molecule has 11 heavy (non-hydrogen) atoms. The largest absolute Gasteiger partial charge is 0.387 e. The molecule has 0 aliphatic heterocycles. The number of aliphatic imine (C=N–C) groups is 1. The summed E-state index contributed by atoms with van der Waals surface area (Å²) in [4.78, 5) is 3.57. The van der Waals surface area contributed by atoms with Crippen molar-refractivity contribution in [3.63, 3.8) is 0 Å². The van der Waals surface area contributed by atoms with Gasteiger partial charge in [0.1, 0.15) is 5.84 Å². The van der Waals surface area contributed by atoms with Gasteiger partial charge in [0, 0.05) is 17.8 Å². The Labute approximate surface area is 69.2 Å². The van der Waals surface area contributed by atoms with E-state index in [9.17, 15) is 8.42 Å². The van der Waals surface area contributed by atoms with Gasteiger partial charge in [-0.2, -0.15) is 8.42 Å². The summed E-state index contributed by atoms with van der Waals surface area (Å²) >= 11 is 0. The molecular weight excluding hydrogens is 188 g/mol. The molecule has 0 amide bonds. The highest BCUT2D eigenvalue weighted by molar-refractivity contribution is 8.70. The quantitative estimate of drug-likeness (QED) is 0.286. The SMILES string of the molecule is CN=C(N)C(C)SS(=O)(=O)O. The fraction of sp³-hybridized carbons (Fsp3) is 0.750. The second kappa shape index (κ2) is 3.93. The smallest absolute Gasteiger partial charge is 0.320 e. The van der Waals surface area contributed by atoms with Crippen LogP contribution in [0.25, 0.3) is 0 Å². The van der Waals surface area contributed by atoms with Crippen molar-refractivity contribution in [1.82, 2.24) is 0 Å². The van der Waals surface area contributed by atoms with Gasteiger partial charge in [0.25, 0.3) is 0 Å². The molecule has 7 heteroatoms. The van der Waals surface area contributed by atoms with E-state index in [4.69, 9.17) is 10.3 Å². The molecule has 1 atom stereocenters. The average molecular weight is 198 g/mol. The first-order valence-electron chi connectivity index (χ1n) is 2.74. The molecule has 0 aromatic carbocycles. The van der Waals surface area contributed by atoms with E-state index in [2.05, 4.69) is 4.99 Å². The zero-order valence-electron chi connectivity index (χ0n) is 6.18. The third kappa shape index (κ3) is 5.05. The van der Waals surface area contributed by atoms with Gasteiger partial charge in [0.2, 0.25) is 0 Å². The molecule has 0 aliphatic carbocycles. The molecule has 0 saturated carbocycles. The lowest BCUT2D eigenvalue weighted by atomic mass is 10.4. The molecule has 5 nitrogen and oxygen atoms in total. The molecule has 0 spiro atoms. The predicted octanol–water partition coefficient (Wildman–Crippen LogP) is -0.102. The zero-order chi connectivity index (χ0) is 9.07. The molecule has 0 rings (SSSR count). The lowest BCUT2D eigenvalue weighted by Crippen LogP contribution is -2.24. The van der Waals surface area contributed by atoms with Crippen LogP contribution in [0.5, 0.6) is 0 Å². The van der Waals surface area contributed by atoms with Crippen LogP contribution in [0.2, 0.25) is 0 Å². The summed E-state index contributed by atoms with van der Waals surface area (Å²) in [5, 5.41) is -0.519. The first-order chi connectivity index (χ1) is 4.87. The molecule has 0 fully saturated rings. The third-order valence-corrected chi connectivity index (χ3v) is 3.31. The lowest BCUT2D eigenvalue weighted by Gasteiger charge is -2.05. The van der Waals surface area contributed by atoms with Crippen LogP contribution in [-0.4, -0.2) is 31.1 Å². The molecule has 0 aromatic rings. The first-order valence-corrected chi connectivity index (χ1v) is 5.58. The number of rotatable bonds is 3. The van der Waals surface area contributed by atoms with Crippen LogP contribution in [0.4, 0.5) is 0 Å². The number of nitrogens with zero attached hydrogens (tertiary/aromatic N) is 1. The number of nitrogens with two attached hydrogens (primary N) is 1. The monoisotopic (exact) mass is 198 g/mol. The third-order valence-electron chi connectivity index (χ3n) is 0.941. The summed E-state index contributed by atoms with van der Waals surface area (Å²) in [6, 6.07) is 0. The summed E-state index contributed by atoms with van der Waals surface area (Å²) in [7, 11) is -2.21. The van der Waals surface area contributed by atoms with E-state index in [0.29, 0.717) is 10.8 Å². The van der Waals surface area contributed by atoms with Crippen molar-refractivity contribution >= 4 is 25.8 Å². The van der Waals surface area contributed by atoms with E-state index >= 15 is 0 Å². The molecule has 3 N–H and O–H groups in total. The Hall–Kier alpha value is -0.270. The van der Waals surface area contributed by atoms with Crippen LogP contribution in [0.15, 0.2) is 4.99 Å². The molecule has 0 bridgehead atoms. The van der Waals surface area contributed by atoms with Crippen LogP contribution in [0.3, 0.4) is 0 Å². The van der Waals surface area contributed by atoms with Crippen LogP contribution < -0.4 is 5.73 Å². The van der Waals surface area contributed by atoms with Crippen LogP contribution >= 0.6 is 10.8 Å². The molecule has 66 valence electrons. The van der Waals surface area contributed by atoms with Gasteiger partial charge in [-0.25, -0.2) is 0 Å². The van der Waals surface area contributed by atoms with Gasteiger partial charge in [-0.3, -0.25) is 9.55 Å². The molecular formula is C4H10N2O3S2. The normalized spacial score (nSPS) is 16.5. The molecule has 0 aromatic heterocycles.